The van der Waals surface area contributed by atoms with Gasteiger partial charge in [0.05, 0.1) is 17.7 Å². The Labute approximate surface area is 132 Å². The first-order valence-electron chi connectivity index (χ1n) is 6.48. The highest BCUT2D eigenvalue weighted by Crippen LogP contribution is 2.33. The maximum atomic E-state index is 12.4. The van der Waals surface area contributed by atoms with Crippen molar-refractivity contribution in [3.63, 3.8) is 0 Å². The third-order valence-electron chi connectivity index (χ3n) is 3.11. The zero-order valence-electron chi connectivity index (χ0n) is 11.4. The van der Waals surface area contributed by atoms with Gasteiger partial charge in [0, 0.05) is 0 Å². The summed E-state index contributed by atoms with van der Waals surface area (Å²) in [5.41, 5.74) is 2.17. The summed E-state index contributed by atoms with van der Waals surface area (Å²) >= 11 is 6.63. The van der Waals surface area contributed by atoms with Gasteiger partial charge >= 0.3 is 0 Å². The number of carbonyl (C=O) groups is 1. The Kier molecular flexibility index (Phi) is 3.94. The summed E-state index contributed by atoms with van der Waals surface area (Å²) in [5.74, 6) is 0.658. The lowest BCUT2D eigenvalue weighted by atomic mass is 10.1. The molecule has 106 valence electrons. The predicted molar refractivity (Wildman–Crippen MR) is 88.6 cm³/mol. The van der Waals surface area contributed by atoms with Crippen molar-refractivity contribution in [3.05, 3.63) is 64.5 Å². The molecular formula is C16H13NO2S2. The lowest BCUT2D eigenvalue weighted by Gasteiger charge is -2.11. The highest BCUT2D eigenvalue weighted by Gasteiger charge is 2.32. The van der Waals surface area contributed by atoms with Crippen LogP contribution in [0.2, 0.25) is 0 Å². The first-order valence-corrected chi connectivity index (χ1v) is 7.70. The average molecular weight is 315 g/mol. The Morgan fingerprint density at radius 1 is 1.33 bits per heavy atom. The van der Waals surface area contributed by atoms with E-state index in [2.05, 4.69) is 0 Å². The zero-order valence-corrected chi connectivity index (χ0v) is 13.0. The van der Waals surface area contributed by atoms with Crippen LogP contribution in [0.1, 0.15) is 16.9 Å². The van der Waals surface area contributed by atoms with Crippen molar-refractivity contribution in [2.45, 2.75) is 13.5 Å². The number of amides is 1. The van der Waals surface area contributed by atoms with Crippen LogP contribution in [0.15, 0.2) is 52.0 Å². The smallest absolute Gasteiger partial charge is 0.266 e. The van der Waals surface area contributed by atoms with Crippen molar-refractivity contribution in [2.75, 3.05) is 0 Å². The molecule has 1 fully saturated rings. The van der Waals surface area contributed by atoms with Gasteiger partial charge in [-0.2, -0.15) is 0 Å². The molecule has 1 aliphatic rings. The Hall–Kier alpha value is -1.85. The predicted octanol–water partition coefficient (Wildman–Crippen LogP) is 3.99. The van der Waals surface area contributed by atoms with Crippen LogP contribution in [0.5, 0.6) is 0 Å². The minimum absolute atomic E-state index is 0.0668. The van der Waals surface area contributed by atoms with E-state index < -0.39 is 0 Å². The molecule has 0 N–H and O–H groups in total. The van der Waals surface area contributed by atoms with Gasteiger partial charge in [-0.15, -0.1) is 0 Å². The van der Waals surface area contributed by atoms with Crippen LogP contribution < -0.4 is 0 Å². The fraction of sp³-hybridized carbons (Fsp3) is 0.125. The summed E-state index contributed by atoms with van der Waals surface area (Å²) in [5, 5.41) is 0. The number of hydrogen-bond acceptors (Lipinski definition) is 4. The van der Waals surface area contributed by atoms with E-state index in [9.17, 15) is 4.79 Å². The van der Waals surface area contributed by atoms with Crippen molar-refractivity contribution in [1.29, 1.82) is 0 Å². The van der Waals surface area contributed by atoms with Gasteiger partial charge in [0.25, 0.3) is 5.91 Å². The van der Waals surface area contributed by atoms with Gasteiger partial charge in [-0.3, -0.25) is 9.69 Å². The van der Waals surface area contributed by atoms with Gasteiger partial charge in [-0.1, -0.05) is 53.8 Å². The molecule has 1 aliphatic heterocycles. The van der Waals surface area contributed by atoms with E-state index in [4.69, 9.17) is 16.6 Å². The van der Waals surface area contributed by atoms with Crippen molar-refractivity contribution in [2.24, 2.45) is 0 Å². The third kappa shape index (κ3) is 3.09. The molecule has 21 heavy (non-hydrogen) atoms. The SMILES string of the molecule is Cc1cccc(/C=C2\SC(=S)N(Cc3ccco3)C2=O)c1. The number of carbonyl (C=O) groups excluding carboxylic acids is 1. The highest BCUT2D eigenvalue weighted by molar-refractivity contribution is 8.26. The van der Waals surface area contributed by atoms with Crippen LogP contribution >= 0.6 is 24.0 Å². The molecule has 0 atom stereocenters. The van der Waals surface area contributed by atoms with Crippen LogP contribution in [-0.2, 0) is 11.3 Å². The number of furan rings is 1. The standard InChI is InChI=1S/C16H13NO2S2/c1-11-4-2-5-12(8-11)9-14-15(18)17(16(20)21-14)10-13-6-3-7-19-13/h2-9H,10H2,1H3/b14-9-. The molecule has 1 saturated heterocycles. The molecule has 0 spiro atoms. The fourth-order valence-electron chi connectivity index (χ4n) is 2.11. The minimum Gasteiger partial charge on any atom is -0.467 e. The second-order valence-electron chi connectivity index (χ2n) is 4.76. The van der Waals surface area contributed by atoms with E-state index in [1.54, 1.807) is 17.2 Å². The van der Waals surface area contributed by atoms with Crippen molar-refractivity contribution < 1.29 is 9.21 Å². The van der Waals surface area contributed by atoms with Crippen LogP contribution in [0.3, 0.4) is 0 Å². The quantitative estimate of drug-likeness (QED) is 0.633. The Bertz CT molecular complexity index is 720. The molecule has 1 aromatic heterocycles. The van der Waals surface area contributed by atoms with Gasteiger partial charge in [0.1, 0.15) is 10.1 Å². The molecule has 2 aromatic rings. The lowest BCUT2D eigenvalue weighted by Crippen LogP contribution is -2.27. The summed E-state index contributed by atoms with van der Waals surface area (Å²) in [4.78, 5) is 14.7. The van der Waals surface area contributed by atoms with Gasteiger partial charge in [-0.25, -0.2) is 0 Å². The normalized spacial score (nSPS) is 17.0. The topological polar surface area (TPSA) is 33.5 Å². The molecule has 1 aromatic carbocycles. The Morgan fingerprint density at radius 3 is 2.90 bits per heavy atom. The molecule has 3 rings (SSSR count). The lowest BCUT2D eigenvalue weighted by molar-refractivity contribution is -0.122. The van der Waals surface area contributed by atoms with E-state index >= 15 is 0 Å². The molecule has 5 heteroatoms. The fourth-order valence-corrected chi connectivity index (χ4v) is 3.36. The minimum atomic E-state index is -0.0668. The maximum absolute atomic E-state index is 12.4. The summed E-state index contributed by atoms with van der Waals surface area (Å²) in [7, 11) is 0. The number of nitrogens with zero attached hydrogens (tertiary/aromatic N) is 1. The number of thioether (sulfide) groups is 1. The van der Waals surface area contributed by atoms with Gasteiger partial charge < -0.3 is 4.42 Å². The second kappa shape index (κ2) is 5.87. The number of hydrogen-bond donors (Lipinski definition) is 0. The maximum Gasteiger partial charge on any atom is 0.266 e. The Balaban J connectivity index is 1.83. The molecule has 1 amide bonds. The molecule has 2 heterocycles. The van der Waals surface area contributed by atoms with Gasteiger partial charge in [0.15, 0.2) is 0 Å². The molecule has 3 nitrogen and oxygen atoms in total. The summed E-state index contributed by atoms with van der Waals surface area (Å²) in [6.45, 7) is 2.41. The van der Waals surface area contributed by atoms with Crippen molar-refractivity contribution in [3.8, 4) is 0 Å². The summed E-state index contributed by atoms with van der Waals surface area (Å²) in [6, 6.07) is 11.7. The van der Waals surface area contributed by atoms with Crippen LogP contribution in [0, 0.1) is 6.92 Å². The molecule has 0 saturated carbocycles. The molecular weight excluding hydrogens is 302 g/mol. The largest absolute Gasteiger partial charge is 0.467 e. The highest BCUT2D eigenvalue weighted by atomic mass is 32.2. The van der Waals surface area contributed by atoms with E-state index in [-0.39, 0.29) is 5.91 Å². The number of benzene rings is 1. The zero-order chi connectivity index (χ0) is 14.8. The van der Waals surface area contributed by atoms with Crippen molar-refractivity contribution >= 4 is 40.3 Å². The summed E-state index contributed by atoms with van der Waals surface area (Å²) in [6.07, 6.45) is 3.48. The van der Waals surface area contributed by atoms with Gasteiger partial charge in [-0.05, 0) is 30.7 Å². The number of aryl methyl sites for hydroxylation is 1. The molecule has 0 bridgehead atoms. The first kappa shape index (κ1) is 14.1. The average Bonchev–Trinajstić information content (AvgIpc) is 3.04. The Morgan fingerprint density at radius 2 is 2.19 bits per heavy atom. The van der Waals surface area contributed by atoms with Crippen LogP contribution in [-0.4, -0.2) is 15.1 Å². The molecule has 0 unspecified atom stereocenters. The van der Waals surface area contributed by atoms with E-state index in [1.807, 2.05) is 43.3 Å². The first-order chi connectivity index (χ1) is 10.1. The van der Waals surface area contributed by atoms with E-state index in [1.165, 1.54) is 11.8 Å². The van der Waals surface area contributed by atoms with E-state index in [0.29, 0.717) is 15.8 Å². The summed E-state index contributed by atoms with van der Waals surface area (Å²) < 4.78 is 5.84. The third-order valence-corrected chi connectivity index (χ3v) is 4.49. The second-order valence-corrected chi connectivity index (χ2v) is 6.44. The monoisotopic (exact) mass is 315 g/mol. The van der Waals surface area contributed by atoms with Crippen LogP contribution in [0.4, 0.5) is 0 Å². The van der Waals surface area contributed by atoms with Gasteiger partial charge in [0.2, 0.25) is 0 Å². The number of rotatable bonds is 3. The van der Waals surface area contributed by atoms with Crippen molar-refractivity contribution in [1.82, 2.24) is 4.90 Å². The molecule has 0 radical (unpaired) electrons. The molecule has 0 aliphatic carbocycles. The van der Waals surface area contributed by atoms with E-state index in [0.717, 1.165) is 16.9 Å². The van der Waals surface area contributed by atoms with Crippen LogP contribution in [0.25, 0.3) is 6.08 Å². The number of thiocarbonyl (C=S) groups is 1.